The van der Waals surface area contributed by atoms with Crippen LogP contribution in [-0.2, 0) is 11.3 Å². The van der Waals surface area contributed by atoms with Gasteiger partial charge in [-0.2, -0.15) is 5.10 Å². The van der Waals surface area contributed by atoms with Crippen LogP contribution in [0.4, 0.5) is 5.69 Å². The predicted octanol–water partition coefficient (Wildman–Crippen LogP) is 1.34. The second-order valence-corrected chi connectivity index (χ2v) is 4.99. The molecule has 8 heteroatoms. The highest BCUT2D eigenvalue weighted by molar-refractivity contribution is 9.10. The molecule has 0 unspecified atom stereocenters. The largest absolute Gasteiger partial charge is 0.476 e. The summed E-state index contributed by atoms with van der Waals surface area (Å²) in [5.41, 5.74) is -0.300. The van der Waals surface area contributed by atoms with Crippen molar-refractivity contribution in [3.8, 4) is 0 Å². The van der Waals surface area contributed by atoms with Gasteiger partial charge in [0, 0.05) is 16.2 Å². The summed E-state index contributed by atoms with van der Waals surface area (Å²) < 4.78 is 1.60. The third-order valence-electron chi connectivity index (χ3n) is 2.49. The van der Waals surface area contributed by atoms with Crippen LogP contribution in [0.1, 0.15) is 10.5 Å². The standard InChI is InChI=1S/C13H10BrN3O4/c14-8-2-1-3-9(6-8)15-11(18)7-17-12(19)5-4-10(16-17)13(20)21/h1-6H,7H2,(H,15,18)(H,20,21). The van der Waals surface area contributed by atoms with Gasteiger partial charge in [-0.3, -0.25) is 9.59 Å². The van der Waals surface area contributed by atoms with Crippen LogP contribution in [0.5, 0.6) is 0 Å². The van der Waals surface area contributed by atoms with Gasteiger partial charge in [0.15, 0.2) is 5.69 Å². The Morgan fingerprint density at radius 1 is 1.29 bits per heavy atom. The first-order valence-corrected chi connectivity index (χ1v) is 6.62. The number of nitrogens with zero attached hydrogens (tertiary/aromatic N) is 2. The van der Waals surface area contributed by atoms with Crippen LogP contribution in [0.2, 0.25) is 0 Å². The Kier molecular flexibility index (Phi) is 4.49. The molecule has 0 spiro atoms. The molecular weight excluding hydrogens is 342 g/mol. The van der Waals surface area contributed by atoms with Gasteiger partial charge in [0.05, 0.1) is 0 Å². The van der Waals surface area contributed by atoms with Crippen molar-refractivity contribution in [3.63, 3.8) is 0 Å². The molecule has 1 aromatic heterocycles. The number of carboxylic acid groups (broad SMARTS) is 1. The van der Waals surface area contributed by atoms with E-state index in [-0.39, 0.29) is 12.2 Å². The van der Waals surface area contributed by atoms with E-state index in [1.165, 1.54) is 0 Å². The first-order chi connectivity index (χ1) is 9.95. The fourth-order valence-corrected chi connectivity index (χ4v) is 1.98. The number of amides is 1. The highest BCUT2D eigenvalue weighted by atomic mass is 79.9. The molecule has 0 bridgehead atoms. The van der Waals surface area contributed by atoms with Crippen molar-refractivity contribution in [3.05, 3.63) is 56.9 Å². The molecule has 2 N–H and O–H groups in total. The Morgan fingerprint density at radius 2 is 2.05 bits per heavy atom. The summed E-state index contributed by atoms with van der Waals surface area (Å²) in [5.74, 6) is -1.75. The lowest BCUT2D eigenvalue weighted by Crippen LogP contribution is -2.30. The number of benzene rings is 1. The van der Waals surface area contributed by atoms with Crippen molar-refractivity contribution >= 4 is 33.5 Å². The average Bonchev–Trinajstić information content (AvgIpc) is 2.41. The number of aromatic carboxylic acids is 1. The zero-order valence-electron chi connectivity index (χ0n) is 10.6. The van der Waals surface area contributed by atoms with Crippen molar-refractivity contribution < 1.29 is 14.7 Å². The Bertz CT molecular complexity index is 757. The number of carbonyl (C=O) groups is 2. The number of rotatable bonds is 4. The van der Waals surface area contributed by atoms with E-state index < -0.39 is 17.4 Å². The topological polar surface area (TPSA) is 101 Å². The second-order valence-electron chi connectivity index (χ2n) is 4.08. The molecule has 0 saturated heterocycles. The molecule has 0 saturated carbocycles. The van der Waals surface area contributed by atoms with Crippen LogP contribution in [0, 0.1) is 0 Å². The summed E-state index contributed by atoms with van der Waals surface area (Å²) in [7, 11) is 0. The lowest BCUT2D eigenvalue weighted by molar-refractivity contribution is -0.117. The van der Waals surface area contributed by atoms with E-state index in [2.05, 4.69) is 26.3 Å². The lowest BCUT2D eigenvalue weighted by atomic mass is 10.3. The number of hydrogen-bond acceptors (Lipinski definition) is 4. The average molecular weight is 352 g/mol. The molecule has 1 amide bonds. The summed E-state index contributed by atoms with van der Waals surface area (Å²) in [6.07, 6.45) is 0. The summed E-state index contributed by atoms with van der Waals surface area (Å²) in [6.45, 7) is -0.369. The molecule has 108 valence electrons. The quantitative estimate of drug-likeness (QED) is 0.865. The normalized spacial score (nSPS) is 10.1. The van der Waals surface area contributed by atoms with Crippen molar-refractivity contribution in [2.24, 2.45) is 0 Å². The summed E-state index contributed by atoms with van der Waals surface area (Å²) in [4.78, 5) is 34.2. The summed E-state index contributed by atoms with van der Waals surface area (Å²) in [5, 5.41) is 15.0. The van der Waals surface area contributed by atoms with Crippen LogP contribution in [-0.4, -0.2) is 26.8 Å². The van der Waals surface area contributed by atoms with Gasteiger partial charge in [0.25, 0.3) is 5.56 Å². The smallest absolute Gasteiger partial charge is 0.356 e. The number of hydrogen-bond donors (Lipinski definition) is 2. The molecule has 0 fully saturated rings. The van der Waals surface area contributed by atoms with Gasteiger partial charge in [-0.05, 0) is 24.3 Å². The molecule has 0 atom stereocenters. The van der Waals surface area contributed by atoms with Gasteiger partial charge in [-0.1, -0.05) is 22.0 Å². The summed E-state index contributed by atoms with van der Waals surface area (Å²) in [6, 6.07) is 9.08. The molecule has 21 heavy (non-hydrogen) atoms. The number of carbonyl (C=O) groups excluding carboxylic acids is 1. The van der Waals surface area contributed by atoms with Crippen molar-refractivity contribution in [2.75, 3.05) is 5.32 Å². The van der Waals surface area contributed by atoms with E-state index in [4.69, 9.17) is 5.11 Å². The number of nitrogens with one attached hydrogen (secondary N) is 1. The SMILES string of the molecule is O=C(Cn1nc(C(=O)O)ccc1=O)Nc1cccc(Br)c1. The molecule has 2 aromatic rings. The van der Waals surface area contributed by atoms with Gasteiger partial charge in [-0.15, -0.1) is 0 Å². The lowest BCUT2D eigenvalue weighted by Gasteiger charge is -2.07. The van der Waals surface area contributed by atoms with E-state index in [9.17, 15) is 14.4 Å². The molecule has 0 aliphatic heterocycles. The zero-order valence-corrected chi connectivity index (χ0v) is 12.2. The minimum absolute atomic E-state index is 0.301. The molecule has 1 aromatic carbocycles. The third-order valence-corrected chi connectivity index (χ3v) is 2.98. The highest BCUT2D eigenvalue weighted by Crippen LogP contribution is 2.15. The van der Waals surface area contributed by atoms with Gasteiger partial charge in [0.2, 0.25) is 5.91 Å². The molecular formula is C13H10BrN3O4. The van der Waals surface area contributed by atoms with E-state index in [1.807, 2.05) is 0 Å². The van der Waals surface area contributed by atoms with Gasteiger partial charge in [0.1, 0.15) is 6.54 Å². The molecule has 7 nitrogen and oxygen atoms in total. The first-order valence-electron chi connectivity index (χ1n) is 5.82. The van der Waals surface area contributed by atoms with E-state index >= 15 is 0 Å². The predicted molar refractivity (Wildman–Crippen MR) is 78.2 cm³/mol. The molecule has 1 heterocycles. The Morgan fingerprint density at radius 3 is 2.71 bits per heavy atom. The number of aromatic nitrogens is 2. The monoisotopic (exact) mass is 351 g/mol. The van der Waals surface area contributed by atoms with E-state index in [0.29, 0.717) is 5.69 Å². The van der Waals surface area contributed by atoms with Crippen LogP contribution in [0.15, 0.2) is 45.7 Å². The van der Waals surface area contributed by atoms with Crippen LogP contribution >= 0.6 is 15.9 Å². The number of anilines is 1. The maximum atomic E-state index is 11.9. The fraction of sp³-hybridized carbons (Fsp3) is 0.0769. The maximum absolute atomic E-state index is 11.9. The van der Waals surface area contributed by atoms with Gasteiger partial charge in [-0.25, -0.2) is 9.48 Å². The van der Waals surface area contributed by atoms with Crippen LogP contribution < -0.4 is 10.9 Å². The highest BCUT2D eigenvalue weighted by Gasteiger charge is 2.10. The Hall–Kier alpha value is -2.48. The maximum Gasteiger partial charge on any atom is 0.356 e. The van der Waals surface area contributed by atoms with E-state index in [1.54, 1.807) is 24.3 Å². The third kappa shape index (κ3) is 3.99. The first kappa shape index (κ1) is 14.9. The minimum Gasteiger partial charge on any atom is -0.476 e. The number of carboxylic acids is 1. The van der Waals surface area contributed by atoms with Gasteiger partial charge < -0.3 is 10.4 Å². The minimum atomic E-state index is -1.27. The zero-order chi connectivity index (χ0) is 15.4. The van der Waals surface area contributed by atoms with Crippen molar-refractivity contribution in [2.45, 2.75) is 6.54 Å². The van der Waals surface area contributed by atoms with Crippen molar-refractivity contribution in [1.82, 2.24) is 9.78 Å². The van der Waals surface area contributed by atoms with Crippen molar-refractivity contribution in [1.29, 1.82) is 0 Å². The second kappa shape index (κ2) is 6.31. The fourth-order valence-electron chi connectivity index (χ4n) is 1.58. The Balaban J connectivity index is 2.14. The van der Waals surface area contributed by atoms with Crippen LogP contribution in [0.25, 0.3) is 0 Å². The molecule has 2 rings (SSSR count). The molecule has 0 radical (unpaired) electrons. The van der Waals surface area contributed by atoms with Gasteiger partial charge >= 0.3 is 5.97 Å². The Labute approximate surface area is 127 Å². The van der Waals surface area contributed by atoms with E-state index in [0.717, 1.165) is 21.3 Å². The molecule has 0 aliphatic carbocycles. The summed E-state index contributed by atoms with van der Waals surface area (Å²) >= 11 is 3.27. The van der Waals surface area contributed by atoms with Crippen LogP contribution in [0.3, 0.4) is 0 Å². The molecule has 0 aliphatic rings. The number of halogens is 1.